The third-order valence-corrected chi connectivity index (χ3v) is 4.78. The van der Waals surface area contributed by atoms with E-state index < -0.39 is 0 Å². The van der Waals surface area contributed by atoms with Crippen LogP contribution >= 0.6 is 0 Å². The molecule has 0 bridgehead atoms. The van der Waals surface area contributed by atoms with Crippen LogP contribution in [-0.2, 0) is 17.9 Å². The van der Waals surface area contributed by atoms with Crippen molar-refractivity contribution in [3.8, 4) is 0 Å². The molecule has 1 amide bonds. The average Bonchev–Trinajstić information content (AvgIpc) is 3.34. The largest absolute Gasteiger partial charge is 0.370 e. The molecule has 0 unspecified atom stereocenters. The van der Waals surface area contributed by atoms with Gasteiger partial charge in [-0.05, 0) is 40.9 Å². The fourth-order valence-corrected chi connectivity index (χ4v) is 3.23. The fourth-order valence-electron chi connectivity index (χ4n) is 3.23. The van der Waals surface area contributed by atoms with E-state index in [1.807, 2.05) is 12.1 Å². The number of aromatic nitrogens is 4. The molecular weight excluding hydrogens is 348 g/mol. The van der Waals surface area contributed by atoms with Crippen molar-refractivity contribution in [1.29, 1.82) is 0 Å². The van der Waals surface area contributed by atoms with Crippen LogP contribution in [0.5, 0.6) is 0 Å². The van der Waals surface area contributed by atoms with E-state index in [4.69, 9.17) is 0 Å². The molecule has 1 saturated heterocycles. The van der Waals surface area contributed by atoms with Crippen LogP contribution in [-0.4, -0.2) is 51.0 Å². The van der Waals surface area contributed by atoms with Crippen molar-refractivity contribution in [3.05, 3.63) is 46.4 Å². The Morgan fingerprint density at radius 1 is 1.19 bits per heavy atom. The highest BCUT2D eigenvalue weighted by molar-refractivity contribution is 5.76. The van der Waals surface area contributed by atoms with Crippen LogP contribution < -0.4 is 10.5 Å². The number of carbonyl (C=O) groups is 1. The maximum atomic E-state index is 12.5. The average molecular weight is 368 g/mol. The van der Waals surface area contributed by atoms with Crippen molar-refractivity contribution in [2.45, 2.75) is 25.9 Å². The third kappa shape index (κ3) is 3.67. The number of hydrogen-bond donors (Lipinski definition) is 0. The van der Waals surface area contributed by atoms with Gasteiger partial charge in [-0.3, -0.25) is 9.59 Å². The zero-order valence-corrected chi connectivity index (χ0v) is 15.0. The first kappa shape index (κ1) is 17.2. The topological polar surface area (TPSA) is 97.4 Å². The summed E-state index contributed by atoms with van der Waals surface area (Å²) in [6, 6.07) is 7.04. The second kappa shape index (κ2) is 7.18. The van der Waals surface area contributed by atoms with E-state index in [1.54, 1.807) is 30.3 Å². The zero-order valence-electron chi connectivity index (χ0n) is 15.0. The van der Waals surface area contributed by atoms with Crippen LogP contribution in [0.25, 0.3) is 11.0 Å². The van der Waals surface area contributed by atoms with Gasteiger partial charge in [0.05, 0.1) is 11.9 Å². The number of carbonyl (C=O) groups excluding carboxylic acids is 1. The lowest BCUT2D eigenvalue weighted by atomic mass is 10.2. The summed E-state index contributed by atoms with van der Waals surface area (Å²) < 4.78 is 5.88. The molecule has 0 saturated carbocycles. The standard InChI is InChI=1S/C18H20N6O3/c1-22(11-13-4-5-15-16(8-13)21-27-20-15)18(26)12-24-17(25)9-14(10-19-24)23-6-2-3-7-23/h4-5,8-10H,2-3,6-7,11-12H2,1H3. The molecule has 0 spiro atoms. The van der Waals surface area contributed by atoms with Gasteiger partial charge in [0.15, 0.2) is 0 Å². The highest BCUT2D eigenvalue weighted by atomic mass is 16.6. The van der Waals surface area contributed by atoms with E-state index in [0.717, 1.165) is 37.2 Å². The first-order valence-electron chi connectivity index (χ1n) is 8.87. The van der Waals surface area contributed by atoms with E-state index in [1.165, 1.54) is 4.68 Å². The SMILES string of the molecule is CN(Cc1ccc2nonc2c1)C(=O)Cn1ncc(N2CCCC2)cc1=O. The van der Waals surface area contributed by atoms with Gasteiger partial charge in [0.25, 0.3) is 5.56 Å². The van der Waals surface area contributed by atoms with Gasteiger partial charge in [0.2, 0.25) is 5.91 Å². The van der Waals surface area contributed by atoms with Crippen molar-refractivity contribution in [2.24, 2.45) is 0 Å². The molecule has 3 heterocycles. The number of fused-ring (bicyclic) bond motifs is 1. The highest BCUT2D eigenvalue weighted by Gasteiger charge is 2.16. The van der Waals surface area contributed by atoms with Gasteiger partial charge in [0.1, 0.15) is 17.6 Å². The Kier molecular flexibility index (Phi) is 4.57. The lowest BCUT2D eigenvalue weighted by Crippen LogP contribution is -2.35. The number of rotatable bonds is 5. The monoisotopic (exact) mass is 368 g/mol. The number of hydrogen-bond acceptors (Lipinski definition) is 7. The van der Waals surface area contributed by atoms with Gasteiger partial charge in [-0.2, -0.15) is 5.10 Å². The van der Waals surface area contributed by atoms with Gasteiger partial charge in [0, 0.05) is 32.7 Å². The van der Waals surface area contributed by atoms with Crippen LogP contribution in [0.1, 0.15) is 18.4 Å². The van der Waals surface area contributed by atoms with Crippen molar-refractivity contribution >= 4 is 22.6 Å². The van der Waals surface area contributed by atoms with Gasteiger partial charge in [-0.25, -0.2) is 9.31 Å². The molecule has 1 aliphatic rings. The molecule has 1 fully saturated rings. The van der Waals surface area contributed by atoms with Crippen molar-refractivity contribution < 1.29 is 9.42 Å². The van der Waals surface area contributed by atoms with Crippen LogP contribution in [0.4, 0.5) is 5.69 Å². The smallest absolute Gasteiger partial charge is 0.269 e. The van der Waals surface area contributed by atoms with Crippen molar-refractivity contribution in [2.75, 3.05) is 25.0 Å². The molecule has 2 aromatic heterocycles. The predicted molar refractivity (Wildman–Crippen MR) is 98.2 cm³/mol. The van der Waals surface area contributed by atoms with E-state index in [9.17, 15) is 9.59 Å². The minimum Gasteiger partial charge on any atom is -0.370 e. The first-order valence-corrected chi connectivity index (χ1v) is 8.87. The van der Waals surface area contributed by atoms with Gasteiger partial charge >= 0.3 is 0 Å². The summed E-state index contributed by atoms with van der Waals surface area (Å²) >= 11 is 0. The normalized spacial score (nSPS) is 14.0. The van der Waals surface area contributed by atoms with E-state index in [-0.39, 0.29) is 18.0 Å². The van der Waals surface area contributed by atoms with Crippen molar-refractivity contribution in [1.82, 2.24) is 25.0 Å². The molecule has 1 aliphatic heterocycles. The zero-order chi connectivity index (χ0) is 18.8. The Balaban J connectivity index is 1.42. The van der Waals surface area contributed by atoms with Gasteiger partial charge < -0.3 is 9.80 Å². The lowest BCUT2D eigenvalue weighted by Gasteiger charge is -2.19. The minimum absolute atomic E-state index is 0.0939. The van der Waals surface area contributed by atoms with Gasteiger partial charge in [-0.1, -0.05) is 6.07 Å². The minimum atomic E-state index is -0.267. The van der Waals surface area contributed by atoms with Crippen LogP contribution in [0, 0.1) is 0 Å². The number of anilines is 1. The number of benzene rings is 1. The van der Waals surface area contributed by atoms with Gasteiger partial charge in [-0.15, -0.1) is 0 Å². The molecule has 9 nitrogen and oxygen atoms in total. The van der Waals surface area contributed by atoms with Crippen LogP contribution in [0.3, 0.4) is 0 Å². The number of nitrogens with zero attached hydrogens (tertiary/aromatic N) is 6. The molecule has 3 aromatic rings. The van der Waals surface area contributed by atoms with E-state index in [2.05, 4.69) is 24.9 Å². The summed E-state index contributed by atoms with van der Waals surface area (Å²) in [6.07, 6.45) is 3.91. The molecule has 140 valence electrons. The third-order valence-electron chi connectivity index (χ3n) is 4.78. The molecule has 4 rings (SSSR count). The Hall–Kier alpha value is -3.23. The molecule has 0 radical (unpaired) electrons. The predicted octanol–water partition coefficient (Wildman–Crippen LogP) is 1.04. The van der Waals surface area contributed by atoms with E-state index in [0.29, 0.717) is 17.6 Å². The molecule has 0 atom stereocenters. The van der Waals surface area contributed by atoms with E-state index >= 15 is 0 Å². The molecule has 9 heteroatoms. The summed E-state index contributed by atoms with van der Waals surface area (Å²) in [4.78, 5) is 28.5. The Morgan fingerprint density at radius 2 is 1.96 bits per heavy atom. The molecule has 0 N–H and O–H groups in total. The summed E-state index contributed by atoms with van der Waals surface area (Å²) in [7, 11) is 1.69. The quantitative estimate of drug-likeness (QED) is 0.664. The highest BCUT2D eigenvalue weighted by Crippen LogP contribution is 2.17. The van der Waals surface area contributed by atoms with Crippen LogP contribution in [0.2, 0.25) is 0 Å². The van der Waals surface area contributed by atoms with Crippen LogP contribution in [0.15, 0.2) is 39.9 Å². The summed E-state index contributed by atoms with van der Waals surface area (Å²) in [5, 5.41) is 11.7. The molecular formula is C18H20N6O3. The number of amides is 1. The van der Waals surface area contributed by atoms with Crippen molar-refractivity contribution in [3.63, 3.8) is 0 Å². The molecule has 0 aliphatic carbocycles. The first-order chi connectivity index (χ1) is 13.1. The summed E-state index contributed by atoms with van der Waals surface area (Å²) in [5.41, 5.74) is 2.77. The number of likely N-dealkylation sites (N-methyl/N-ethyl adjacent to an activating group) is 1. The molecule has 1 aromatic carbocycles. The second-order valence-electron chi connectivity index (χ2n) is 6.74. The maximum Gasteiger partial charge on any atom is 0.269 e. The maximum absolute atomic E-state index is 12.5. The Morgan fingerprint density at radius 3 is 2.74 bits per heavy atom. The summed E-state index contributed by atoms with van der Waals surface area (Å²) in [5.74, 6) is -0.197. The Labute approximate surface area is 155 Å². The molecule has 27 heavy (non-hydrogen) atoms. The lowest BCUT2D eigenvalue weighted by molar-refractivity contribution is -0.131. The second-order valence-corrected chi connectivity index (χ2v) is 6.74. The fraction of sp³-hybridized carbons (Fsp3) is 0.389. The summed E-state index contributed by atoms with van der Waals surface area (Å²) in [6.45, 7) is 2.18. The Bertz CT molecular complexity index is 1020.